The second kappa shape index (κ2) is 11.8. The standard InChI is InChI=1S/C48H32/c1-3-13-33(14-4-1)35-25-27-37(28-26-35)47-43-22-9-10-23-44(43)48(45-30-29-38(32-46(45)47)34-15-5-2-6-16-34)40-20-11-19-39(31-40)42-24-12-18-36-17-7-8-21-41(36)42/h1-32H. The van der Waals surface area contributed by atoms with Gasteiger partial charge in [0, 0.05) is 0 Å². The van der Waals surface area contributed by atoms with Gasteiger partial charge in [-0.1, -0.05) is 182 Å². The lowest BCUT2D eigenvalue weighted by atomic mass is 9.84. The molecule has 0 radical (unpaired) electrons. The molecule has 0 aromatic heterocycles. The number of benzene rings is 9. The van der Waals surface area contributed by atoms with Crippen molar-refractivity contribution in [1.29, 1.82) is 0 Å². The molecule has 0 heterocycles. The summed E-state index contributed by atoms with van der Waals surface area (Å²) in [6, 6.07) is 70.8. The Bertz CT molecular complexity index is 2570. The SMILES string of the molecule is c1ccc(-c2ccc(-c3c4ccccc4c(-c4cccc(-c5cccc6ccccc56)c4)c4ccc(-c5ccccc5)cc34)cc2)cc1. The Morgan fingerprint density at radius 2 is 0.667 bits per heavy atom. The maximum atomic E-state index is 2.40. The van der Waals surface area contributed by atoms with Crippen LogP contribution in [-0.2, 0) is 0 Å². The normalized spacial score (nSPS) is 11.3. The first kappa shape index (κ1) is 28.0. The highest BCUT2D eigenvalue weighted by Crippen LogP contribution is 2.46. The average molecular weight is 609 g/mol. The fourth-order valence-corrected chi connectivity index (χ4v) is 7.39. The molecule has 0 saturated carbocycles. The van der Waals surface area contributed by atoms with Gasteiger partial charge in [0.15, 0.2) is 0 Å². The van der Waals surface area contributed by atoms with Gasteiger partial charge >= 0.3 is 0 Å². The summed E-state index contributed by atoms with van der Waals surface area (Å²) in [5, 5.41) is 7.56. The maximum Gasteiger partial charge on any atom is -0.00261 e. The Balaban J connectivity index is 1.31. The zero-order valence-electron chi connectivity index (χ0n) is 26.5. The lowest BCUT2D eigenvalue weighted by Crippen LogP contribution is -1.92. The fraction of sp³-hybridized carbons (Fsp3) is 0. The molecule has 9 aromatic carbocycles. The molecular formula is C48H32. The smallest absolute Gasteiger partial charge is 0.00261 e. The van der Waals surface area contributed by atoms with Gasteiger partial charge in [0.25, 0.3) is 0 Å². The lowest BCUT2D eigenvalue weighted by Gasteiger charge is -2.19. The summed E-state index contributed by atoms with van der Waals surface area (Å²) in [5.74, 6) is 0. The second-order valence-electron chi connectivity index (χ2n) is 12.5. The highest BCUT2D eigenvalue weighted by Gasteiger charge is 2.18. The van der Waals surface area contributed by atoms with Crippen molar-refractivity contribution >= 4 is 32.3 Å². The van der Waals surface area contributed by atoms with Crippen molar-refractivity contribution in [3.05, 3.63) is 194 Å². The van der Waals surface area contributed by atoms with Crippen molar-refractivity contribution in [2.45, 2.75) is 0 Å². The molecule has 0 N–H and O–H groups in total. The van der Waals surface area contributed by atoms with Crippen LogP contribution in [0.15, 0.2) is 194 Å². The Labute approximate surface area is 281 Å². The molecule has 0 aliphatic carbocycles. The van der Waals surface area contributed by atoms with Gasteiger partial charge in [0.1, 0.15) is 0 Å². The van der Waals surface area contributed by atoms with Gasteiger partial charge < -0.3 is 0 Å². The molecule has 0 amide bonds. The predicted octanol–water partition coefficient (Wildman–Crippen LogP) is 13.5. The molecule has 0 spiro atoms. The second-order valence-corrected chi connectivity index (χ2v) is 12.5. The van der Waals surface area contributed by atoms with E-state index in [0.29, 0.717) is 0 Å². The Hall–Kier alpha value is -6.24. The van der Waals surface area contributed by atoms with E-state index in [9.17, 15) is 0 Å². The minimum Gasteiger partial charge on any atom is -0.0622 e. The van der Waals surface area contributed by atoms with E-state index in [1.165, 1.54) is 88.0 Å². The maximum absolute atomic E-state index is 2.40. The van der Waals surface area contributed by atoms with Crippen LogP contribution in [0.2, 0.25) is 0 Å². The van der Waals surface area contributed by atoms with Gasteiger partial charge in [-0.2, -0.15) is 0 Å². The third kappa shape index (κ3) is 4.87. The van der Waals surface area contributed by atoms with Crippen molar-refractivity contribution in [1.82, 2.24) is 0 Å². The Morgan fingerprint density at radius 1 is 0.208 bits per heavy atom. The van der Waals surface area contributed by atoms with Crippen molar-refractivity contribution in [2.24, 2.45) is 0 Å². The quantitative estimate of drug-likeness (QED) is 0.171. The summed E-state index contributed by atoms with van der Waals surface area (Å²) in [5.41, 5.74) is 12.4. The summed E-state index contributed by atoms with van der Waals surface area (Å²) < 4.78 is 0. The van der Waals surface area contributed by atoms with E-state index in [0.717, 1.165) is 0 Å². The first-order chi connectivity index (χ1) is 23.8. The van der Waals surface area contributed by atoms with Crippen LogP contribution in [-0.4, -0.2) is 0 Å². The van der Waals surface area contributed by atoms with Crippen LogP contribution in [0, 0.1) is 0 Å². The van der Waals surface area contributed by atoms with E-state index in [4.69, 9.17) is 0 Å². The van der Waals surface area contributed by atoms with E-state index in [-0.39, 0.29) is 0 Å². The van der Waals surface area contributed by atoms with Gasteiger partial charge in [-0.05, 0) is 100 Å². The molecule has 48 heavy (non-hydrogen) atoms. The fourth-order valence-electron chi connectivity index (χ4n) is 7.39. The van der Waals surface area contributed by atoms with Crippen LogP contribution >= 0.6 is 0 Å². The molecule has 0 fully saturated rings. The minimum atomic E-state index is 1.22. The zero-order valence-corrected chi connectivity index (χ0v) is 26.5. The Kier molecular flexibility index (Phi) is 6.91. The predicted molar refractivity (Wildman–Crippen MR) is 206 cm³/mol. The topological polar surface area (TPSA) is 0 Å². The van der Waals surface area contributed by atoms with E-state index >= 15 is 0 Å². The first-order valence-electron chi connectivity index (χ1n) is 16.6. The molecule has 0 atom stereocenters. The van der Waals surface area contributed by atoms with Crippen molar-refractivity contribution in [2.75, 3.05) is 0 Å². The van der Waals surface area contributed by atoms with Crippen LogP contribution in [0.1, 0.15) is 0 Å². The highest BCUT2D eigenvalue weighted by molar-refractivity contribution is 6.22. The monoisotopic (exact) mass is 608 g/mol. The number of fused-ring (bicyclic) bond motifs is 3. The zero-order chi connectivity index (χ0) is 31.9. The number of rotatable bonds is 5. The molecule has 9 rings (SSSR count). The molecule has 0 bridgehead atoms. The number of hydrogen-bond acceptors (Lipinski definition) is 0. The summed E-state index contributed by atoms with van der Waals surface area (Å²) in [6.07, 6.45) is 0. The minimum absolute atomic E-state index is 1.22. The first-order valence-corrected chi connectivity index (χ1v) is 16.6. The van der Waals surface area contributed by atoms with Crippen LogP contribution in [0.5, 0.6) is 0 Å². The van der Waals surface area contributed by atoms with Crippen LogP contribution in [0.25, 0.3) is 88.0 Å². The number of hydrogen-bond donors (Lipinski definition) is 0. The van der Waals surface area contributed by atoms with Gasteiger partial charge in [0.2, 0.25) is 0 Å². The van der Waals surface area contributed by atoms with Crippen LogP contribution < -0.4 is 0 Å². The van der Waals surface area contributed by atoms with Gasteiger partial charge in [0.05, 0.1) is 0 Å². The van der Waals surface area contributed by atoms with E-state index in [1.54, 1.807) is 0 Å². The van der Waals surface area contributed by atoms with E-state index in [2.05, 4.69) is 194 Å². The van der Waals surface area contributed by atoms with E-state index in [1.807, 2.05) is 0 Å². The molecule has 0 aliphatic rings. The van der Waals surface area contributed by atoms with Gasteiger partial charge in [-0.15, -0.1) is 0 Å². The van der Waals surface area contributed by atoms with E-state index < -0.39 is 0 Å². The average Bonchev–Trinajstić information content (AvgIpc) is 3.17. The van der Waals surface area contributed by atoms with Gasteiger partial charge in [-0.25, -0.2) is 0 Å². The molecule has 0 saturated heterocycles. The molecule has 0 heteroatoms. The summed E-state index contributed by atoms with van der Waals surface area (Å²) in [4.78, 5) is 0. The molecule has 0 unspecified atom stereocenters. The summed E-state index contributed by atoms with van der Waals surface area (Å²) >= 11 is 0. The molecule has 9 aromatic rings. The van der Waals surface area contributed by atoms with Crippen molar-refractivity contribution in [3.8, 4) is 55.6 Å². The molecular weight excluding hydrogens is 577 g/mol. The third-order valence-corrected chi connectivity index (χ3v) is 9.66. The summed E-state index contributed by atoms with van der Waals surface area (Å²) in [7, 11) is 0. The third-order valence-electron chi connectivity index (χ3n) is 9.66. The van der Waals surface area contributed by atoms with Gasteiger partial charge in [-0.3, -0.25) is 0 Å². The highest BCUT2D eigenvalue weighted by atomic mass is 14.2. The Morgan fingerprint density at radius 3 is 1.40 bits per heavy atom. The van der Waals surface area contributed by atoms with Crippen LogP contribution in [0.3, 0.4) is 0 Å². The molecule has 0 nitrogen and oxygen atoms in total. The van der Waals surface area contributed by atoms with Crippen molar-refractivity contribution in [3.63, 3.8) is 0 Å². The summed E-state index contributed by atoms with van der Waals surface area (Å²) in [6.45, 7) is 0. The molecule has 0 aliphatic heterocycles. The molecule has 224 valence electrons. The largest absolute Gasteiger partial charge is 0.0622 e. The van der Waals surface area contributed by atoms with Crippen molar-refractivity contribution < 1.29 is 0 Å². The van der Waals surface area contributed by atoms with Crippen LogP contribution in [0.4, 0.5) is 0 Å². The lowest BCUT2D eigenvalue weighted by molar-refractivity contribution is 1.60.